The van der Waals surface area contributed by atoms with Gasteiger partial charge >= 0.3 is 0 Å². The van der Waals surface area contributed by atoms with E-state index in [1.807, 2.05) is 79.3 Å². The molecular formula is C27H30N4O2S. The number of nitrogens with one attached hydrogen (secondary N) is 1. The van der Waals surface area contributed by atoms with Gasteiger partial charge in [-0.15, -0.1) is 0 Å². The molecule has 0 aliphatic carbocycles. The first-order valence-electron chi connectivity index (χ1n) is 11.5. The average Bonchev–Trinajstić information content (AvgIpc) is 3.15. The van der Waals surface area contributed by atoms with Gasteiger partial charge < -0.3 is 9.88 Å². The molecule has 0 fully saturated rings. The van der Waals surface area contributed by atoms with Crippen molar-refractivity contribution in [3.8, 4) is 11.1 Å². The Labute approximate surface area is 204 Å². The third-order valence-electron chi connectivity index (χ3n) is 5.81. The lowest BCUT2D eigenvalue weighted by molar-refractivity contribution is -0.113. The van der Waals surface area contributed by atoms with Crippen LogP contribution in [0.2, 0.25) is 0 Å². The Hall–Kier alpha value is -3.32. The van der Waals surface area contributed by atoms with Crippen LogP contribution in [0.25, 0.3) is 22.2 Å². The highest BCUT2D eigenvalue weighted by Crippen LogP contribution is 2.29. The molecule has 1 amide bonds. The fourth-order valence-corrected chi connectivity index (χ4v) is 4.72. The first-order valence-corrected chi connectivity index (χ1v) is 12.5. The smallest absolute Gasteiger partial charge is 0.278 e. The lowest BCUT2D eigenvalue weighted by Crippen LogP contribution is -2.26. The molecule has 0 unspecified atom stereocenters. The Morgan fingerprint density at radius 3 is 2.50 bits per heavy atom. The summed E-state index contributed by atoms with van der Waals surface area (Å²) in [5, 5.41) is 3.54. The first kappa shape index (κ1) is 23.8. The van der Waals surface area contributed by atoms with E-state index in [0.717, 1.165) is 28.8 Å². The molecule has 0 bridgehead atoms. The number of nitrogens with zero attached hydrogens (tertiary/aromatic N) is 3. The topological polar surface area (TPSA) is 68.9 Å². The third-order valence-corrected chi connectivity index (χ3v) is 6.78. The summed E-state index contributed by atoms with van der Waals surface area (Å²) in [6.07, 6.45) is 2.81. The fraction of sp³-hybridized carbons (Fsp3) is 0.296. The van der Waals surface area contributed by atoms with Crippen molar-refractivity contribution in [1.82, 2.24) is 14.1 Å². The van der Waals surface area contributed by atoms with E-state index in [-0.39, 0.29) is 17.2 Å². The van der Waals surface area contributed by atoms with E-state index < -0.39 is 0 Å². The second-order valence-electron chi connectivity index (χ2n) is 8.90. The van der Waals surface area contributed by atoms with Gasteiger partial charge in [0.15, 0.2) is 5.16 Å². The molecule has 0 aliphatic rings. The number of carbonyl (C=O) groups excluding carboxylic acids is 1. The van der Waals surface area contributed by atoms with Crippen LogP contribution in [0.3, 0.4) is 0 Å². The van der Waals surface area contributed by atoms with Gasteiger partial charge in [-0.3, -0.25) is 14.2 Å². The minimum Gasteiger partial charge on any atom is -0.344 e. The summed E-state index contributed by atoms with van der Waals surface area (Å²) in [6.45, 7) is 6.79. The van der Waals surface area contributed by atoms with E-state index in [1.54, 1.807) is 4.57 Å². The number of fused-ring (bicyclic) bond motifs is 1. The number of anilines is 1. The maximum atomic E-state index is 13.6. The van der Waals surface area contributed by atoms with Crippen LogP contribution in [0.15, 0.2) is 70.7 Å². The summed E-state index contributed by atoms with van der Waals surface area (Å²) in [5.41, 5.74) is 4.90. The molecule has 2 heterocycles. The number of thioether (sulfide) groups is 1. The summed E-state index contributed by atoms with van der Waals surface area (Å²) in [5.74, 6) is 0.486. The fourth-order valence-electron chi connectivity index (χ4n) is 3.90. The predicted octanol–water partition coefficient (Wildman–Crippen LogP) is 5.49. The lowest BCUT2D eigenvalue weighted by Gasteiger charge is -2.14. The van der Waals surface area contributed by atoms with Gasteiger partial charge in [0.1, 0.15) is 11.0 Å². The average molecular weight is 475 g/mol. The predicted molar refractivity (Wildman–Crippen MR) is 140 cm³/mol. The van der Waals surface area contributed by atoms with Crippen molar-refractivity contribution in [2.45, 2.75) is 38.9 Å². The first-order chi connectivity index (χ1) is 16.3. The normalized spacial score (nSPS) is 11.3. The molecule has 34 heavy (non-hydrogen) atoms. The second-order valence-corrected chi connectivity index (χ2v) is 9.84. The van der Waals surface area contributed by atoms with Crippen LogP contribution < -0.4 is 10.9 Å². The van der Waals surface area contributed by atoms with E-state index in [1.165, 1.54) is 11.8 Å². The van der Waals surface area contributed by atoms with Crippen molar-refractivity contribution in [2.75, 3.05) is 11.1 Å². The van der Waals surface area contributed by atoms with E-state index in [2.05, 4.69) is 19.2 Å². The molecule has 0 radical (unpaired) electrons. The molecule has 2 aromatic heterocycles. The molecule has 6 nitrogen and oxygen atoms in total. The Balaban J connectivity index is 1.71. The summed E-state index contributed by atoms with van der Waals surface area (Å²) < 4.78 is 3.58. The number of amides is 1. The largest absolute Gasteiger partial charge is 0.344 e. The van der Waals surface area contributed by atoms with Crippen LogP contribution in [-0.2, 0) is 18.4 Å². The van der Waals surface area contributed by atoms with Gasteiger partial charge in [0.2, 0.25) is 5.91 Å². The summed E-state index contributed by atoms with van der Waals surface area (Å²) >= 11 is 1.30. The maximum absolute atomic E-state index is 13.6. The van der Waals surface area contributed by atoms with Gasteiger partial charge in [0.25, 0.3) is 5.56 Å². The highest BCUT2D eigenvalue weighted by molar-refractivity contribution is 7.99. The Morgan fingerprint density at radius 2 is 1.79 bits per heavy atom. The van der Waals surface area contributed by atoms with E-state index in [9.17, 15) is 9.59 Å². The number of benzene rings is 2. The van der Waals surface area contributed by atoms with Crippen LogP contribution in [0.5, 0.6) is 0 Å². The van der Waals surface area contributed by atoms with Gasteiger partial charge in [-0.05, 0) is 36.5 Å². The molecule has 0 spiro atoms. The number of rotatable bonds is 8. The van der Waals surface area contributed by atoms with Gasteiger partial charge in [-0.2, -0.15) is 0 Å². The zero-order chi connectivity index (χ0) is 24.2. The number of para-hydroxylation sites is 1. The van der Waals surface area contributed by atoms with Crippen molar-refractivity contribution in [2.24, 2.45) is 13.0 Å². The maximum Gasteiger partial charge on any atom is 0.278 e. The monoisotopic (exact) mass is 474 g/mol. The van der Waals surface area contributed by atoms with Gasteiger partial charge in [0.05, 0.1) is 5.75 Å². The minimum atomic E-state index is -0.125. The van der Waals surface area contributed by atoms with E-state index >= 15 is 0 Å². The molecule has 0 saturated carbocycles. The highest BCUT2D eigenvalue weighted by atomic mass is 32.2. The second kappa shape index (κ2) is 10.3. The SMILES string of the molecule is Cc1ccccc1NC(=O)CSc1nc2c(-c3ccccc3)cn(C)c2c(=O)n1CCC(C)C. The zero-order valence-electron chi connectivity index (χ0n) is 20.0. The molecule has 1 N–H and O–H groups in total. The minimum absolute atomic E-state index is 0.0721. The van der Waals surface area contributed by atoms with E-state index in [0.29, 0.717) is 28.7 Å². The van der Waals surface area contributed by atoms with Crippen LogP contribution in [-0.4, -0.2) is 25.8 Å². The van der Waals surface area contributed by atoms with Crippen molar-refractivity contribution in [3.05, 3.63) is 76.7 Å². The van der Waals surface area contributed by atoms with Gasteiger partial charge in [-0.25, -0.2) is 4.98 Å². The number of carbonyl (C=O) groups is 1. The molecule has 7 heteroatoms. The zero-order valence-corrected chi connectivity index (χ0v) is 20.9. The Bertz CT molecular complexity index is 1370. The summed E-state index contributed by atoms with van der Waals surface area (Å²) in [6, 6.07) is 17.6. The van der Waals surface area contributed by atoms with E-state index in [4.69, 9.17) is 4.98 Å². The quantitative estimate of drug-likeness (QED) is 0.271. The standard InChI is InChI=1S/C27H30N4O2S/c1-18(2)14-15-31-26(33)25-24(21(16-30(25)4)20-11-6-5-7-12-20)29-27(31)34-17-23(32)28-22-13-9-8-10-19(22)3/h5-13,16,18H,14-15,17H2,1-4H3,(H,28,32). The van der Waals surface area contributed by atoms with Crippen LogP contribution >= 0.6 is 11.8 Å². The van der Waals surface area contributed by atoms with Crippen molar-refractivity contribution in [1.29, 1.82) is 0 Å². The molecule has 0 atom stereocenters. The summed E-state index contributed by atoms with van der Waals surface area (Å²) in [4.78, 5) is 31.2. The van der Waals surface area contributed by atoms with Crippen LogP contribution in [0.4, 0.5) is 5.69 Å². The Morgan fingerprint density at radius 1 is 1.09 bits per heavy atom. The number of hydrogen-bond donors (Lipinski definition) is 1. The van der Waals surface area contributed by atoms with Crippen molar-refractivity contribution in [3.63, 3.8) is 0 Å². The van der Waals surface area contributed by atoms with Crippen LogP contribution in [0, 0.1) is 12.8 Å². The molecule has 2 aromatic carbocycles. The third kappa shape index (κ3) is 5.09. The van der Waals surface area contributed by atoms with Gasteiger partial charge in [0, 0.05) is 31.0 Å². The van der Waals surface area contributed by atoms with Crippen molar-refractivity contribution < 1.29 is 4.79 Å². The van der Waals surface area contributed by atoms with Crippen molar-refractivity contribution >= 4 is 34.4 Å². The summed E-state index contributed by atoms with van der Waals surface area (Å²) in [7, 11) is 1.88. The number of aryl methyl sites for hydroxylation is 2. The highest BCUT2D eigenvalue weighted by Gasteiger charge is 2.19. The molecule has 176 valence electrons. The molecule has 4 rings (SSSR count). The Kier molecular flexibility index (Phi) is 7.22. The number of hydrogen-bond acceptors (Lipinski definition) is 4. The molecule has 0 aliphatic heterocycles. The van der Waals surface area contributed by atoms with Gasteiger partial charge in [-0.1, -0.05) is 74.1 Å². The molecular weight excluding hydrogens is 444 g/mol. The number of aromatic nitrogens is 3. The molecule has 4 aromatic rings. The molecule has 0 saturated heterocycles. The van der Waals surface area contributed by atoms with Crippen LogP contribution in [0.1, 0.15) is 25.8 Å². The lowest BCUT2D eigenvalue weighted by atomic mass is 10.1.